The summed E-state index contributed by atoms with van der Waals surface area (Å²) in [5.74, 6) is 0.0887. The highest BCUT2D eigenvalue weighted by atomic mass is 79.9. The van der Waals surface area contributed by atoms with Crippen molar-refractivity contribution in [3.8, 4) is 5.69 Å². The maximum absolute atomic E-state index is 13.9. The highest BCUT2D eigenvalue weighted by Crippen LogP contribution is 2.36. The van der Waals surface area contributed by atoms with Crippen molar-refractivity contribution in [2.24, 2.45) is 5.73 Å². The van der Waals surface area contributed by atoms with Crippen molar-refractivity contribution in [2.45, 2.75) is 38.5 Å². The molecule has 3 N–H and O–H groups in total. The second-order valence-electron chi connectivity index (χ2n) is 8.00. The number of nitrogens with two attached hydrogens (primary N) is 1. The predicted octanol–water partition coefficient (Wildman–Crippen LogP) is 3.32. The standard InChI is InChI=1S/C22H24BrF3N6O4/c1-12-15(23)8-16(19(28-12)22(24,25)26)32-20(29-13(2)30-32)18(17(33)9-27)34-10-31-11-35-21(36-31)14-6-4-3-5-7-14/h3-8,17-18,21,33H,9-11,27H2,1-2H3/t17-,18?,21?/m0/s1. The van der Waals surface area contributed by atoms with Gasteiger partial charge in [0.1, 0.15) is 25.4 Å². The Kier molecular flexibility index (Phi) is 8.04. The summed E-state index contributed by atoms with van der Waals surface area (Å²) in [7, 11) is 0. The van der Waals surface area contributed by atoms with Crippen LogP contribution in [0.3, 0.4) is 0 Å². The van der Waals surface area contributed by atoms with Crippen LogP contribution < -0.4 is 5.73 Å². The quantitative estimate of drug-likeness (QED) is 0.418. The van der Waals surface area contributed by atoms with Gasteiger partial charge in [0, 0.05) is 16.6 Å². The Morgan fingerprint density at radius 3 is 2.64 bits per heavy atom. The van der Waals surface area contributed by atoms with Crippen LogP contribution in [0.4, 0.5) is 13.2 Å². The fourth-order valence-corrected chi connectivity index (χ4v) is 3.87. The van der Waals surface area contributed by atoms with Gasteiger partial charge in [-0.1, -0.05) is 30.3 Å². The highest BCUT2D eigenvalue weighted by molar-refractivity contribution is 9.10. The van der Waals surface area contributed by atoms with E-state index < -0.39 is 30.4 Å². The van der Waals surface area contributed by atoms with Gasteiger partial charge in [0.2, 0.25) is 6.29 Å². The molecule has 4 rings (SSSR count). The number of alkyl halides is 3. The van der Waals surface area contributed by atoms with Gasteiger partial charge in [0.05, 0.1) is 17.5 Å². The van der Waals surface area contributed by atoms with Crippen LogP contribution in [0.1, 0.15) is 41.0 Å². The Balaban J connectivity index is 1.62. The molecule has 0 amide bonds. The molecule has 1 saturated heterocycles. The van der Waals surface area contributed by atoms with Crippen LogP contribution in [-0.4, -0.2) is 56.0 Å². The number of ether oxygens (including phenoxy) is 2. The van der Waals surface area contributed by atoms with E-state index in [1.165, 1.54) is 25.0 Å². The third-order valence-corrected chi connectivity index (χ3v) is 6.10. The summed E-state index contributed by atoms with van der Waals surface area (Å²) < 4.78 is 54.4. The van der Waals surface area contributed by atoms with E-state index in [-0.39, 0.29) is 43.0 Å². The largest absolute Gasteiger partial charge is 0.435 e. The number of hydroxylamine groups is 2. The molecule has 1 fully saturated rings. The Hall–Kier alpha value is -2.46. The van der Waals surface area contributed by atoms with Gasteiger partial charge in [0.25, 0.3) is 0 Å². The lowest BCUT2D eigenvalue weighted by Crippen LogP contribution is -2.34. The number of aliphatic hydroxyl groups excluding tert-OH is 1. The SMILES string of the molecule is Cc1nc(C(OCN2COC(c3ccccc3)O2)[C@@H](O)CN)n(-c2cc(Br)c(C)nc2C(F)(F)F)n1. The van der Waals surface area contributed by atoms with Gasteiger partial charge in [-0.05, 0) is 35.8 Å². The molecule has 0 bridgehead atoms. The van der Waals surface area contributed by atoms with Crippen LogP contribution in [0.15, 0.2) is 40.9 Å². The molecule has 2 aromatic heterocycles. The first kappa shape index (κ1) is 26.6. The second kappa shape index (κ2) is 10.9. The minimum atomic E-state index is -4.77. The number of hydrogen-bond donors (Lipinski definition) is 2. The maximum atomic E-state index is 13.9. The molecule has 3 atom stereocenters. The van der Waals surface area contributed by atoms with E-state index in [1.54, 1.807) is 0 Å². The van der Waals surface area contributed by atoms with E-state index in [2.05, 4.69) is 31.0 Å². The first-order chi connectivity index (χ1) is 17.1. The maximum Gasteiger partial charge on any atom is 0.435 e. The second-order valence-corrected chi connectivity index (χ2v) is 8.85. The molecule has 1 aromatic carbocycles. The van der Waals surface area contributed by atoms with E-state index in [4.69, 9.17) is 20.0 Å². The summed E-state index contributed by atoms with van der Waals surface area (Å²) in [6.07, 6.45) is -7.97. The first-order valence-corrected chi connectivity index (χ1v) is 11.6. The molecule has 0 saturated carbocycles. The minimum Gasteiger partial charge on any atom is -0.389 e. The van der Waals surface area contributed by atoms with E-state index >= 15 is 0 Å². The zero-order valence-corrected chi connectivity index (χ0v) is 20.9. The van der Waals surface area contributed by atoms with Crippen molar-refractivity contribution in [1.29, 1.82) is 0 Å². The molecule has 1 aliphatic heterocycles. The summed E-state index contributed by atoms with van der Waals surface area (Å²) in [5, 5.41) is 16.1. The fraction of sp³-hybridized carbons (Fsp3) is 0.409. The Morgan fingerprint density at radius 1 is 1.25 bits per heavy atom. The van der Waals surface area contributed by atoms with E-state index in [0.717, 1.165) is 10.2 Å². The number of hydrogen-bond acceptors (Lipinski definition) is 9. The Morgan fingerprint density at radius 2 is 1.97 bits per heavy atom. The summed E-state index contributed by atoms with van der Waals surface area (Å²) in [6.45, 7) is 2.57. The zero-order chi connectivity index (χ0) is 26.0. The molecule has 3 aromatic rings. The van der Waals surface area contributed by atoms with Gasteiger partial charge in [-0.15, -0.1) is 5.06 Å². The molecule has 0 aliphatic carbocycles. The molecule has 2 unspecified atom stereocenters. The molecular weight excluding hydrogens is 549 g/mol. The van der Waals surface area contributed by atoms with Crippen molar-refractivity contribution in [2.75, 3.05) is 20.0 Å². The summed E-state index contributed by atoms with van der Waals surface area (Å²) in [6, 6.07) is 10.5. The summed E-state index contributed by atoms with van der Waals surface area (Å²) in [5.41, 5.74) is 5.09. The number of benzene rings is 1. The van der Waals surface area contributed by atoms with Crippen molar-refractivity contribution in [1.82, 2.24) is 24.8 Å². The number of nitrogens with zero attached hydrogens (tertiary/aromatic N) is 5. The highest BCUT2D eigenvalue weighted by Gasteiger charge is 2.39. The molecule has 194 valence electrons. The third kappa shape index (κ3) is 5.75. The molecule has 36 heavy (non-hydrogen) atoms. The average Bonchev–Trinajstić information content (AvgIpc) is 3.47. The van der Waals surface area contributed by atoms with Crippen molar-refractivity contribution in [3.05, 3.63) is 69.5 Å². The normalized spacial score (nSPS) is 18.5. The topological polar surface area (TPSA) is 121 Å². The number of halogens is 4. The smallest absolute Gasteiger partial charge is 0.389 e. The van der Waals surface area contributed by atoms with Crippen molar-refractivity contribution < 1.29 is 32.6 Å². The lowest BCUT2D eigenvalue weighted by atomic mass is 10.1. The number of aliphatic hydroxyl groups is 1. The molecule has 0 radical (unpaired) electrons. The molecule has 1 aliphatic rings. The molecule has 3 heterocycles. The molecule has 0 spiro atoms. The van der Waals surface area contributed by atoms with Gasteiger partial charge in [-0.2, -0.15) is 18.3 Å². The van der Waals surface area contributed by atoms with Crippen molar-refractivity contribution >= 4 is 15.9 Å². The van der Waals surface area contributed by atoms with Gasteiger partial charge in [-0.25, -0.2) is 14.6 Å². The lowest BCUT2D eigenvalue weighted by Gasteiger charge is -2.24. The average molecular weight is 573 g/mol. The summed E-state index contributed by atoms with van der Waals surface area (Å²) >= 11 is 3.23. The van der Waals surface area contributed by atoms with E-state index in [1.807, 2.05) is 30.3 Å². The number of pyridine rings is 1. The monoisotopic (exact) mass is 572 g/mol. The van der Waals surface area contributed by atoms with Crippen LogP contribution in [0.25, 0.3) is 5.69 Å². The molecular formula is C22H24BrF3N6O4. The lowest BCUT2D eigenvalue weighted by molar-refractivity contribution is -0.221. The van der Waals surface area contributed by atoms with Gasteiger partial charge in [0.15, 0.2) is 11.5 Å². The van der Waals surface area contributed by atoms with Crippen LogP contribution >= 0.6 is 15.9 Å². The van der Waals surface area contributed by atoms with Gasteiger partial charge >= 0.3 is 6.18 Å². The number of aryl methyl sites for hydroxylation is 2. The van der Waals surface area contributed by atoms with Gasteiger partial charge < -0.3 is 20.3 Å². The van der Waals surface area contributed by atoms with Crippen LogP contribution in [-0.2, 0) is 20.5 Å². The van der Waals surface area contributed by atoms with Crippen LogP contribution in [0, 0.1) is 13.8 Å². The Labute approximate surface area is 212 Å². The van der Waals surface area contributed by atoms with Crippen LogP contribution in [0.5, 0.6) is 0 Å². The molecule has 14 heteroatoms. The fourth-order valence-electron chi connectivity index (χ4n) is 3.56. The predicted molar refractivity (Wildman–Crippen MR) is 123 cm³/mol. The van der Waals surface area contributed by atoms with Gasteiger partial charge in [-0.3, -0.25) is 4.84 Å². The zero-order valence-electron chi connectivity index (χ0n) is 19.3. The number of rotatable bonds is 8. The minimum absolute atomic E-state index is 0.0593. The van der Waals surface area contributed by atoms with Crippen LogP contribution in [0.2, 0.25) is 0 Å². The van der Waals surface area contributed by atoms with Crippen molar-refractivity contribution in [3.63, 3.8) is 0 Å². The third-order valence-electron chi connectivity index (χ3n) is 5.30. The Bertz CT molecular complexity index is 1200. The summed E-state index contributed by atoms with van der Waals surface area (Å²) in [4.78, 5) is 13.7. The molecule has 10 nitrogen and oxygen atoms in total. The first-order valence-electron chi connectivity index (χ1n) is 10.8. The van der Waals surface area contributed by atoms with E-state index in [9.17, 15) is 18.3 Å². The number of aromatic nitrogens is 4. The van der Waals surface area contributed by atoms with E-state index in [0.29, 0.717) is 4.47 Å².